The summed E-state index contributed by atoms with van der Waals surface area (Å²) in [6, 6.07) is 49.0. The maximum atomic E-state index is 7.12. The summed E-state index contributed by atoms with van der Waals surface area (Å²) in [7, 11) is 0. The molecular weight excluding hydrogens is 566 g/mol. The maximum Gasteiger partial charge on any atom is 0.0728 e. The Bertz CT molecular complexity index is 2370. The summed E-state index contributed by atoms with van der Waals surface area (Å²) < 4.78 is 0. The van der Waals surface area contributed by atoms with E-state index in [1.807, 2.05) is 0 Å². The molecule has 1 heterocycles. The van der Waals surface area contributed by atoms with Gasteiger partial charge in [-0.15, -0.1) is 0 Å². The highest BCUT2D eigenvalue weighted by Gasteiger charge is 2.51. The number of pyridine rings is 1. The first-order chi connectivity index (χ1) is 22.0. The SMILES string of the molecule is CC1(C)c2ccccc2-c2cc3c(Cl)cc(-c4ccc5c(c4)C4(c6ccccc6-c6ccccc64)c4ccccc4-5)nc3cc21. The molecule has 7 aromatic rings. The van der Waals surface area contributed by atoms with Gasteiger partial charge < -0.3 is 0 Å². The lowest BCUT2D eigenvalue weighted by Crippen LogP contribution is -2.25. The second kappa shape index (κ2) is 8.59. The fourth-order valence-electron chi connectivity index (χ4n) is 8.78. The van der Waals surface area contributed by atoms with E-state index in [1.54, 1.807) is 0 Å². The van der Waals surface area contributed by atoms with E-state index in [2.05, 4.69) is 147 Å². The predicted molar refractivity (Wildman–Crippen MR) is 186 cm³/mol. The molecule has 0 unspecified atom stereocenters. The fraction of sp³-hybridized carbons (Fsp3) is 0.0930. The van der Waals surface area contributed by atoms with Crippen molar-refractivity contribution >= 4 is 22.5 Å². The predicted octanol–water partition coefficient (Wildman–Crippen LogP) is 11.2. The van der Waals surface area contributed by atoms with E-state index in [0.717, 1.165) is 27.2 Å². The van der Waals surface area contributed by atoms with Gasteiger partial charge in [0.25, 0.3) is 0 Å². The third-order valence-electron chi connectivity index (χ3n) is 10.8. The minimum Gasteiger partial charge on any atom is -0.248 e. The van der Waals surface area contributed by atoms with Crippen molar-refractivity contribution in [3.8, 4) is 44.6 Å². The van der Waals surface area contributed by atoms with Crippen molar-refractivity contribution in [3.63, 3.8) is 0 Å². The molecule has 2 heteroatoms. The van der Waals surface area contributed by atoms with Gasteiger partial charge in [-0.05, 0) is 91.0 Å². The molecule has 0 radical (unpaired) electrons. The zero-order valence-corrected chi connectivity index (χ0v) is 25.8. The van der Waals surface area contributed by atoms with Crippen LogP contribution in [0.1, 0.15) is 47.2 Å². The molecule has 0 aliphatic heterocycles. The normalized spacial score (nSPS) is 15.4. The number of aromatic nitrogens is 1. The Morgan fingerprint density at radius 2 is 0.978 bits per heavy atom. The summed E-state index contributed by atoms with van der Waals surface area (Å²) in [5, 5.41) is 1.73. The zero-order valence-electron chi connectivity index (χ0n) is 25.0. The Labute approximate surface area is 267 Å². The summed E-state index contributed by atoms with van der Waals surface area (Å²) in [6.45, 7) is 4.62. The van der Waals surface area contributed by atoms with E-state index >= 15 is 0 Å². The molecule has 3 aliphatic carbocycles. The molecule has 0 saturated heterocycles. The second-order valence-corrected chi connectivity index (χ2v) is 13.6. The van der Waals surface area contributed by atoms with Gasteiger partial charge in [0, 0.05) is 16.4 Å². The van der Waals surface area contributed by atoms with Crippen LogP contribution in [0, 0.1) is 0 Å². The van der Waals surface area contributed by atoms with Gasteiger partial charge in [0.2, 0.25) is 0 Å². The highest BCUT2D eigenvalue weighted by Crippen LogP contribution is 2.63. The second-order valence-electron chi connectivity index (χ2n) is 13.2. The molecule has 0 saturated carbocycles. The Balaban J connectivity index is 1.22. The van der Waals surface area contributed by atoms with E-state index in [0.29, 0.717) is 0 Å². The fourth-order valence-corrected chi connectivity index (χ4v) is 9.04. The molecule has 6 aromatic carbocycles. The Morgan fingerprint density at radius 3 is 1.58 bits per heavy atom. The van der Waals surface area contributed by atoms with Gasteiger partial charge in [-0.3, -0.25) is 0 Å². The number of rotatable bonds is 1. The topological polar surface area (TPSA) is 12.9 Å². The molecule has 1 spiro atoms. The van der Waals surface area contributed by atoms with Crippen molar-refractivity contribution in [1.29, 1.82) is 0 Å². The van der Waals surface area contributed by atoms with Crippen LogP contribution in [0.25, 0.3) is 55.5 Å². The lowest BCUT2D eigenvalue weighted by molar-refractivity contribution is 0.661. The van der Waals surface area contributed by atoms with Crippen LogP contribution in [0.2, 0.25) is 5.02 Å². The largest absolute Gasteiger partial charge is 0.248 e. The van der Waals surface area contributed by atoms with Gasteiger partial charge in [0.15, 0.2) is 0 Å². The van der Waals surface area contributed by atoms with Crippen LogP contribution in [0.5, 0.6) is 0 Å². The average molecular weight is 594 g/mol. The van der Waals surface area contributed by atoms with Crippen LogP contribution in [0.15, 0.2) is 133 Å². The summed E-state index contributed by atoms with van der Waals surface area (Å²) in [6.07, 6.45) is 0. The summed E-state index contributed by atoms with van der Waals surface area (Å²) in [4.78, 5) is 5.31. The van der Waals surface area contributed by atoms with Crippen LogP contribution >= 0.6 is 11.6 Å². The summed E-state index contributed by atoms with van der Waals surface area (Å²) in [5.74, 6) is 0. The molecule has 0 amide bonds. The number of hydrogen-bond donors (Lipinski definition) is 0. The number of halogens is 1. The first kappa shape index (κ1) is 25.4. The lowest BCUT2D eigenvalue weighted by Gasteiger charge is -2.30. The van der Waals surface area contributed by atoms with Crippen molar-refractivity contribution in [2.75, 3.05) is 0 Å². The molecule has 212 valence electrons. The number of benzene rings is 6. The minimum absolute atomic E-state index is 0.0980. The smallest absolute Gasteiger partial charge is 0.0728 e. The first-order valence-electron chi connectivity index (χ1n) is 15.7. The van der Waals surface area contributed by atoms with E-state index in [1.165, 1.54) is 66.8 Å². The third kappa shape index (κ3) is 3.07. The Hall–Kier alpha value is -4.98. The molecule has 1 aromatic heterocycles. The van der Waals surface area contributed by atoms with Crippen LogP contribution in [0.3, 0.4) is 0 Å². The quantitative estimate of drug-likeness (QED) is 0.184. The van der Waals surface area contributed by atoms with E-state index in [-0.39, 0.29) is 10.8 Å². The van der Waals surface area contributed by atoms with Gasteiger partial charge in [-0.25, -0.2) is 4.98 Å². The first-order valence-corrected chi connectivity index (χ1v) is 16.0. The van der Waals surface area contributed by atoms with Crippen molar-refractivity contribution in [2.24, 2.45) is 0 Å². The molecule has 0 bridgehead atoms. The number of hydrogen-bond acceptors (Lipinski definition) is 1. The van der Waals surface area contributed by atoms with Gasteiger partial charge >= 0.3 is 0 Å². The number of fused-ring (bicyclic) bond motifs is 14. The third-order valence-corrected chi connectivity index (χ3v) is 11.1. The molecule has 0 fully saturated rings. The minimum atomic E-state index is -0.383. The van der Waals surface area contributed by atoms with Gasteiger partial charge in [-0.1, -0.05) is 135 Å². The monoisotopic (exact) mass is 593 g/mol. The van der Waals surface area contributed by atoms with E-state index in [9.17, 15) is 0 Å². The van der Waals surface area contributed by atoms with Crippen LogP contribution < -0.4 is 0 Å². The van der Waals surface area contributed by atoms with Gasteiger partial charge in [0.05, 0.1) is 21.6 Å². The van der Waals surface area contributed by atoms with Crippen molar-refractivity contribution in [2.45, 2.75) is 24.7 Å². The van der Waals surface area contributed by atoms with Gasteiger partial charge in [0.1, 0.15) is 0 Å². The van der Waals surface area contributed by atoms with Gasteiger partial charge in [-0.2, -0.15) is 0 Å². The van der Waals surface area contributed by atoms with Crippen LogP contribution in [0.4, 0.5) is 0 Å². The highest BCUT2D eigenvalue weighted by atomic mass is 35.5. The van der Waals surface area contributed by atoms with E-state index < -0.39 is 0 Å². The standard InChI is InChI=1S/C43H28ClN/c1-42(2)33-15-7-3-14-29(33)31-22-32-39(44)24-40(45-41(32)23-37(31)42)25-19-20-30-28-13-6-10-18-36(28)43(38(30)21-25)34-16-8-4-11-26(34)27-12-5-9-17-35(27)43/h3-24H,1-2H3. The van der Waals surface area contributed by atoms with Crippen molar-refractivity contribution in [3.05, 3.63) is 172 Å². The van der Waals surface area contributed by atoms with Crippen molar-refractivity contribution < 1.29 is 0 Å². The summed E-state index contributed by atoms with van der Waals surface area (Å²) >= 11 is 7.12. The molecule has 10 rings (SSSR count). The molecule has 3 aliphatic rings. The average Bonchev–Trinajstić information content (AvgIpc) is 3.63. The highest BCUT2D eigenvalue weighted by molar-refractivity contribution is 6.35. The number of nitrogens with zero attached hydrogens (tertiary/aromatic N) is 1. The maximum absolute atomic E-state index is 7.12. The molecule has 1 nitrogen and oxygen atoms in total. The Kier molecular flexibility index (Phi) is 4.84. The summed E-state index contributed by atoms with van der Waals surface area (Å²) in [5.41, 5.74) is 18.2. The van der Waals surface area contributed by atoms with Crippen molar-refractivity contribution in [1.82, 2.24) is 4.98 Å². The Morgan fingerprint density at radius 1 is 0.467 bits per heavy atom. The molecule has 0 atom stereocenters. The molecule has 45 heavy (non-hydrogen) atoms. The lowest BCUT2D eigenvalue weighted by atomic mass is 9.70. The molecule has 0 N–H and O–H groups in total. The zero-order chi connectivity index (χ0) is 30.1. The van der Waals surface area contributed by atoms with Crippen LogP contribution in [-0.2, 0) is 10.8 Å². The van der Waals surface area contributed by atoms with E-state index in [4.69, 9.17) is 16.6 Å². The van der Waals surface area contributed by atoms with Crippen LogP contribution in [-0.4, -0.2) is 4.98 Å². The molecular formula is C43H28ClN.